The molecule has 0 radical (unpaired) electrons. The number of aromatic nitrogens is 3. The van der Waals surface area contributed by atoms with Crippen LogP contribution in [0.15, 0.2) is 77.7 Å². The fourth-order valence-electron chi connectivity index (χ4n) is 4.48. The predicted molar refractivity (Wildman–Crippen MR) is 147 cm³/mol. The SMILES string of the molecule is Cc1nc2cnc(Cc3cc(F)cc(F)c3)cc2c(=O)n1CCOc1ccc(Cl)cc1-c1cccc(C(=O)O)c1. The van der Waals surface area contributed by atoms with E-state index in [4.69, 9.17) is 16.3 Å². The fraction of sp³-hybridized carbons (Fsp3) is 0.133. The van der Waals surface area contributed by atoms with Gasteiger partial charge in [0.25, 0.3) is 5.56 Å². The van der Waals surface area contributed by atoms with Gasteiger partial charge in [-0.3, -0.25) is 14.3 Å². The number of nitrogens with zero attached hydrogens (tertiary/aromatic N) is 3. The molecule has 0 saturated carbocycles. The monoisotopic (exact) mass is 561 g/mol. The quantitative estimate of drug-likeness (QED) is 0.247. The van der Waals surface area contributed by atoms with Crippen LogP contribution in [-0.4, -0.2) is 32.2 Å². The summed E-state index contributed by atoms with van der Waals surface area (Å²) in [4.78, 5) is 33.6. The minimum absolute atomic E-state index is 0.113. The van der Waals surface area contributed by atoms with Crippen molar-refractivity contribution < 1.29 is 23.4 Å². The molecule has 10 heteroatoms. The zero-order chi connectivity index (χ0) is 28.4. The molecule has 0 bridgehead atoms. The van der Waals surface area contributed by atoms with Gasteiger partial charge in [-0.2, -0.15) is 0 Å². The number of ether oxygens (including phenoxy) is 1. The summed E-state index contributed by atoms with van der Waals surface area (Å²) in [6.07, 6.45) is 1.62. The van der Waals surface area contributed by atoms with Gasteiger partial charge in [0.1, 0.15) is 29.8 Å². The first-order valence-corrected chi connectivity index (χ1v) is 12.6. The zero-order valence-electron chi connectivity index (χ0n) is 21.2. The second-order valence-corrected chi connectivity index (χ2v) is 9.57. The summed E-state index contributed by atoms with van der Waals surface area (Å²) in [5.41, 5.74) is 2.34. The number of pyridine rings is 1. The minimum Gasteiger partial charge on any atom is -0.491 e. The Morgan fingerprint density at radius 3 is 2.58 bits per heavy atom. The maximum Gasteiger partial charge on any atom is 0.335 e. The van der Waals surface area contributed by atoms with Gasteiger partial charge < -0.3 is 9.84 Å². The predicted octanol–water partition coefficient (Wildman–Crippen LogP) is 6.07. The van der Waals surface area contributed by atoms with E-state index in [0.29, 0.717) is 49.9 Å². The van der Waals surface area contributed by atoms with Crippen LogP contribution in [0.5, 0.6) is 5.75 Å². The van der Waals surface area contributed by atoms with Crippen LogP contribution < -0.4 is 10.3 Å². The Morgan fingerprint density at radius 2 is 1.82 bits per heavy atom. The number of aryl methyl sites for hydroxylation is 1. The van der Waals surface area contributed by atoms with Crippen molar-refractivity contribution in [2.24, 2.45) is 0 Å². The van der Waals surface area contributed by atoms with Crippen LogP contribution in [0.3, 0.4) is 0 Å². The largest absolute Gasteiger partial charge is 0.491 e. The number of carbonyl (C=O) groups is 1. The van der Waals surface area contributed by atoms with E-state index in [1.54, 1.807) is 43.3 Å². The van der Waals surface area contributed by atoms with Gasteiger partial charge in [-0.1, -0.05) is 23.7 Å². The highest BCUT2D eigenvalue weighted by Gasteiger charge is 2.14. The third-order valence-electron chi connectivity index (χ3n) is 6.33. The first kappa shape index (κ1) is 27.0. The Kier molecular flexibility index (Phi) is 7.57. The van der Waals surface area contributed by atoms with Gasteiger partial charge in [0.2, 0.25) is 0 Å². The van der Waals surface area contributed by atoms with Crippen molar-refractivity contribution in [1.29, 1.82) is 0 Å². The van der Waals surface area contributed by atoms with Crippen molar-refractivity contribution in [3.8, 4) is 16.9 Å². The number of aromatic carboxylic acids is 1. The number of hydrogen-bond acceptors (Lipinski definition) is 5. The highest BCUT2D eigenvalue weighted by molar-refractivity contribution is 6.31. The summed E-state index contributed by atoms with van der Waals surface area (Å²) in [5.74, 6) is -1.48. The topological polar surface area (TPSA) is 94.3 Å². The Labute approximate surface area is 232 Å². The second-order valence-electron chi connectivity index (χ2n) is 9.14. The molecule has 3 aromatic carbocycles. The Morgan fingerprint density at radius 1 is 1.05 bits per heavy atom. The minimum atomic E-state index is -1.05. The molecule has 0 spiro atoms. The first-order chi connectivity index (χ1) is 19.2. The van der Waals surface area contributed by atoms with Crippen molar-refractivity contribution in [3.05, 3.63) is 123 Å². The summed E-state index contributed by atoms with van der Waals surface area (Å²) in [6.45, 7) is 1.99. The molecule has 0 saturated heterocycles. The summed E-state index contributed by atoms with van der Waals surface area (Å²) >= 11 is 6.21. The van der Waals surface area contributed by atoms with E-state index in [0.717, 1.165) is 6.07 Å². The van der Waals surface area contributed by atoms with Crippen molar-refractivity contribution >= 4 is 28.5 Å². The summed E-state index contributed by atoms with van der Waals surface area (Å²) in [5, 5.41) is 10.1. The lowest BCUT2D eigenvalue weighted by Gasteiger charge is -2.15. The number of fused-ring (bicyclic) bond motifs is 1. The van der Waals surface area contributed by atoms with Gasteiger partial charge in [0.15, 0.2) is 0 Å². The lowest BCUT2D eigenvalue weighted by molar-refractivity contribution is 0.0697. The summed E-state index contributed by atoms with van der Waals surface area (Å²) < 4.78 is 34.7. The molecule has 0 amide bonds. The lowest BCUT2D eigenvalue weighted by Crippen LogP contribution is -2.26. The first-order valence-electron chi connectivity index (χ1n) is 12.2. The van der Waals surface area contributed by atoms with Crippen molar-refractivity contribution in [2.75, 3.05) is 6.61 Å². The van der Waals surface area contributed by atoms with E-state index in [2.05, 4.69) is 9.97 Å². The number of benzene rings is 3. The Hall–Kier alpha value is -4.63. The highest BCUT2D eigenvalue weighted by atomic mass is 35.5. The van der Waals surface area contributed by atoms with Crippen LogP contribution >= 0.6 is 11.6 Å². The molecule has 2 heterocycles. The van der Waals surface area contributed by atoms with Gasteiger partial charge >= 0.3 is 5.97 Å². The standard InChI is InChI=1S/C30H22ClF2N3O4/c1-17-35-27-16-34-24(11-18-9-22(32)14-23(33)10-18)15-26(27)29(37)36(17)7-8-40-28-6-5-21(31)13-25(28)19-3-2-4-20(12-19)30(38)39/h2-6,9-10,12-16H,7-8,11H2,1H3,(H,38,39). The van der Waals surface area contributed by atoms with E-state index >= 15 is 0 Å². The summed E-state index contributed by atoms with van der Waals surface area (Å²) in [7, 11) is 0. The van der Waals surface area contributed by atoms with Gasteiger partial charge in [0.05, 0.1) is 29.2 Å². The summed E-state index contributed by atoms with van der Waals surface area (Å²) in [6, 6.07) is 16.3. The number of halogens is 3. The van der Waals surface area contributed by atoms with Crippen LogP contribution in [-0.2, 0) is 13.0 Å². The van der Waals surface area contributed by atoms with E-state index in [-0.39, 0.29) is 30.7 Å². The molecule has 0 fully saturated rings. The normalized spacial score (nSPS) is 11.1. The Bertz CT molecular complexity index is 1800. The molecule has 40 heavy (non-hydrogen) atoms. The molecule has 1 N–H and O–H groups in total. The van der Waals surface area contributed by atoms with Gasteiger partial charge in [-0.15, -0.1) is 0 Å². The van der Waals surface area contributed by atoms with Gasteiger partial charge in [-0.05, 0) is 66.6 Å². The Balaban J connectivity index is 1.39. The number of rotatable bonds is 8. The molecule has 0 aliphatic rings. The fourth-order valence-corrected chi connectivity index (χ4v) is 4.65. The lowest BCUT2D eigenvalue weighted by atomic mass is 10.0. The third-order valence-corrected chi connectivity index (χ3v) is 6.57. The highest BCUT2D eigenvalue weighted by Crippen LogP contribution is 2.33. The molecule has 0 unspecified atom stereocenters. The van der Waals surface area contributed by atoms with Crippen LogP contribution in [0.2, 0.25) is 5.02 Å². The zero-order valence-corrected chi connectivity index (χ0v) is 22.0. The molecule has 202 valence electrons. The van der Waals surface area contributed by atoms with Crippen LogP contribution in [0.4, 0.5) is 8.78 Å². The van der Waals surface area contributed by atoms with Crippen molar-refractivity contribution in [3.63, 3.8) is 0 Å². The molecule has 5 rings (SSSR count). The molecule has 2 aromatic heterocycles. The molecule has 5 aromatic rings. The van der Waals surface area contributed by atoms with Crippen LogP contribution in [0.25, 0.3) is 22.0 Å². The molecule has 0 atom stereocenters. The van der Waals surface area contributed by atoms with E-state index in [1.807, 2.05) is 0 Å². The second kappa shape index (κ2) is 11.2. The molecule has 7 nitrogen and oxygen atoms in total. The van der Waals surface area contributed by atoms with E-state index < -0.39 is 17.6 Å². The van der Waals surface area contributed by atoms with Crippen LogP contribution in [0, 0.1) is 18.6 Å². The number of carboxylic acids is 1. The van der Waals surface area contributed by atoms with Gasteiger partial charge in [-0.25, -0.2) is 18.6 Å². The average molecular weight is 562 g/mol. The molecule has 0 aliphatic carbocycles. The number of hydrogen-bond donors (Lipinski definition) is 1. The van der Waals surface area contributed by atoms with Crippen molar-refractivity contribution in [1.82, 2.24) is 14.5 Å². The molecule has 0 aliphatic heterocycles. The maximum absolute atomic E-state index is 13.6. The smallest absolute Gasteiger partial charge is 0.335 e. The number of carboxylic acid groups (broad SMARTS) is 1. The average Bonchev–Trinajstić information content (AvgIpc) is 2.91. The third kappa shape index (κ3) is 5.84. The van der Waals surface area contributed by atoms with Crippen molar-refractivity contribution in [2.45, 2.75) is 19.9 Å². The van der Waals surface area contributed by atoms with Crippen LogP contribution in [0.1, 0.15) is 27.4 Å². The van der Waals surface area contributed by atoms with E-state index in [9.17, 15) is 23.5 Å². The molecular formula is C30H22ClF2N3O4. The maximum atomic E-state index is 13.6. The van der Waals surface area contributed by atoms with E-state index in [1.165, 1.54) is 35.0 Å². The molecular weight excluding hydrogens is 540 g/mol. The van der Waals surface area contributed by atoms with Gasteiger partial charge in [0, 0.05) is 28.8 Å².